The van der Waals surface area contributed by atoms with Crippen LogP contribution in [0.1, 0.15) is 24.5 Å². The molecule has 3 N–H and O–H groups in total. The van der Waals surface area contributed by atoms with E-state index in [4.69, 9.17) is 5.73 Å². The van der Waals surface area contributed by atoms with E-state index >= 15 is 0 Å². The average molecular weight is 271 g/mol. The number of hydrogen-bond acceptors (Lipinski definition) is 4. The average Bonchev–Trinajstić information content (AvgIpc) is 2.83. The Morgan fingerprint density at radius 2 is 2.10 bits per heavy atom. The van der Waals surface area contributed by atoms with Crippen molar-refractivity contribution in [2.24, 2.45) is 0 Å². The van der Waals surface area contributed by atoms with Crippen molar-refractivity contribution in [1.82, 2.24) is 15.1 Å². The van der Waals surface area contributed by atoms with Crippen molar-refractivity contribution in [2.75, 3.05) is 23.8 Å². The SMILES string of the molecule is CCCN1Cc2c(n[nH]c2N)N(Cc2ccccc2)C1. The lowest BCUT2D eigenvalue weighted by Crippen LogP contribution is -2.42. The zero-order valence-electron chi connectivity index (χ0n) is 11.8. The fourth-order valence-corrected chi connectivity index (χ4v) is 2.76. The third-order valence-corrected chi connectivity index (χ3v) is 3.69. The van der Waals surface area contributed by atoms with Gasteiger partial charge in [-0.1, -0.05) is 37.3 Å². The Labute approximate surface area is 119 Å². The Bertz CT molecular complexity index is 563. The number of nitrogens with one attached hydrogen (secondary N) is 1. The highest BCUT2D eigenvalue weighted by atomic mass is 15.4. The van der Waals surface area contributed by atoms with E-state index in [1.54, 1.807) is 0 Å². The lowest BCUT2D eigenvalue weighted by Gasteiger charge is -2.35. The van der Waals surface area contributed by atoms with Crippen LogP contribution in [0.15, 0.2) is 30.3 Å². The number of nitrogen functional groups attached to an aromatic ring is 1. The van der Waals surface area contributed by atoms with E-state index in [1.807, 2.05) is 6.07 Å². The topological polar surface area (TPSA) is 61.2 Å². The highest BCUT2D eigenvalue weighted by Gasteiger charge is 2.26. The van der Waals surface area contributed by atoms with Crippen LogP contribution in [0.25, 0.3) is 0 Å². The molecule has 0 saturated carbocycles. The van der Waals surface area contributed by atoms with E-state index in [2.05, 4.69) is 51.2 Å². The first-order valence-corrected chi connectivity index (χ1v) is 7.12. The molecule has 0 atom stereocenters. The normalized spacial score (nSPS) is 15.3. The molecule has 0 saturated heterocycles. The Balaban J connectivity index is 1.85. The van der Waals surface area contributed by atoms with E-state index in [9.17, 15) is 0 Å². The summed E-state index contributed by atoms with van der Waals surface area (Å²) in [6.45, 7) is 5.93. The molecule has 0 aliphatic carbocycles. The van der Waals surface area contributed by atoms with Gasteiger partial charge in [-0.3, -0.25) is 10.00 Å². The van der Waals surface area contributed by atoms with Gasteiger partial charge in [0.05, 0.1) is 12.2 Å². The van der Waals surface area contributed by atoms with E-state index in [1.165, 1.54) is 5.56 Å². The number of hydrogen-bond donors (Lipinski definition) is 2. The number of fused-ring (bicyclic) bond motifs is 1. The molecule has 3 rings (SSSR count). The van der Waals surface area contributed by atoms with Crippen LogP contribution >= 0.6 is 0 Å². The van der Waals surface area contributed by atoms with Gasteiger partial charge in [0.25, 0.3) is 0 Å². The molecule has 1 aliphatic rings. The lowest BCUT2D eigenvalue weighted by atomic mass is 10.1. The van der Waals surface area contributed by atoms with Gasteiger partial charge in [0.1, 0.15) is 5.82 Å². The largest absolute Gasteiger partial charge is 0.384 e. The molecule has 0 radical (unpaired) electrons. The van der Waals surface area contributed by atoms with Crippen LogP contribution in [0.4, 0.5) is 11.6 Å². The summed E-state index contributed by atoms with van der Waals surface area (Å²) in [7, 11) is 0. The summed E-state index contributed by atoms with van der Waals surface area (Å²) in [6, 6.07) is 10.5. The van der Waals surface area contributed by atoms with Crippen molar-refractivity contribution in [3.63, 3.8) is 0 Å². The van der Waals surface area contributed by atoms with Crippen molar-refractivity contribution >= 4 is 11.6 Å². The molecule has 5 heteroatoms. The van der Waals surface area contributed by atoms with Gasteiger partial charge in [-0.2, -0.15) is 5.10 Å². The molecule has 1 aromatic carbocycles. The van der Waals surface area contributed by atoms with Crippen molar-refractivity contribution in [3.8, 4) is 0 Å². The van der Waals surface area contributed by atoms with Gasteiger partial charge in [-0.25, -0.2) is 0 Å². The van der Waals surface area contributed by atoms with Crippen LogP contribution in [0.3, 0.4) is 0 Å². The number of benzene rings is 1. The fraction of sp³-hybridized carbons (Fsp3) is 0.400. The molecule has 106 valence electrons. The third-order valence-electron chi connectivity index (χ3n) is 3.69. The molecule has 20 heavy (non-hydrogen) atoms. The first-order chi connectivity index (χ1) is 9.78. The van der Waals surface area contributed by atoms with Crippen LogP contribution in [0.2, 0.25) is 0 Å². The Morgan fingerprint density at radius 3 is 2.85 bits per heavy atom. The molecule has 5 nitrogen and oxygen atoms in total. The van der Waals surface area contributed by atoms with Crippen LogP contribution in [0.5, 0.6) is 0 Å². The van der Waals surface area contributed by atoms with Gasteiger partial charge >= 0.3 is 0 Å². The fourth-order valence-electron chi connectivity index (χ4n) is 2.76. The molecule has 0 amide bonds. The van der Waals surface area contributed by atoms with Gasteiger partial charge in [0.15, 0.2) is 5.82 Å². The quantitative estimate of drug-likeness (QED) is 0.895. The molecule has 2 heterocycles. The number of nitrogens with two attached hydrogens (primary N) is 1. The maximum atomic E-state index is 6.00. The van der Waals surface area contributed by atoms with E-state index < -0.39 is 0 Å². The zero-order chi connectivity index (χ0) is 13.9. The predicted molar refractivity (Wildman–Crippen MR) is 81.2 cm³/mol. The molecule has 0 bridgehead atoms. The van der Waals surface area contributed by atoms with Crippen LogP contribution in [-0.2, 0) is 13.1 Å². The van der Waals surface area contributed by atoms with Crippen molar-refractivity contribution in [3.05, 3.63) is 41.5 Å². The standard InChI is InChI=1S/C15H21N5/c1-2-8-19-10-13-14(16)17-18-15(13)20(11-19)9-12-6-4-3-5-7-12/h3-7H,2,8-11H2,1H3,(H3,16,17,18). The molecular weight excluding hydrogens is 250 g/mol. The number of nitrogens with zero attached hydrogens (tertiary/aromatic N) is 3. The van der Waals surface area contributed by atoms with Crippen molar-refractivity contribution < 1.29 is 0 Å². The van der Waals surface area contributed by atoms with E-state index in [0.29, 0.717) is 5.82 Å². The lowest BCUT2D eigenvalue weighted by molar-refractivity contribution is 0.251. The first kappa shape index (κ1) is 13.0. The minimum absolute atomic E-state index is 0.693. The second kappa shape index (κ2) is 5.54. The van der Waals surface area contributed by atoms with Gasteiger partial charge in [-0.15, -0.1) is 0 Å². The monoisotopic (exact) mass is 271 g/mol. The summed E-state index contributed by atoms with van der Waals surface area (Å²) in [5.74, 6) is 1.69. The first-order valence-electron chi connectivity index (χ1n) is 7.12. The van der Waals surface area contributed by atoms with Crippen LogP contribution < -0.4 is 10.6 Å². The third kappa shape index (κ3) is 2.49. The summed E-state index contributed by atoms with van der Waals surface area (Å²) in [5, 5.41) is 7.29. The van der Waals surface area contributed by atoms with Gasteiger partial charge in [-0.05, 0) is 18.5 Å². The zero-order valence-corrected chi connectivity index (χ0v) is 11.8. The molecule has 0 spiro atoms. The number of aromatic nitrogens is 2. The van der Waals surface area contributed by atoms with Gasteiger partial charge in [0, 0.05) is 13.1 Å². The highest BCUT2D eigenvalue weighted by Crippen LogP contribution is 2.30. The summed E-state index contributed by atoms with van der Waals surface area (Å²) in [6.07, 6.45) is 1.15. The second-order valence-electron chi connectivity index (χ2n) is 5.32. The maximum Gasteiger partial charge on any atom is 0.158 e. The van der Waals surface area contributed by atoms with Crippen molar-refractivity contribution in [2.45, 2.75) is 26.4 Å². The maximum absolute atomic E-state index is 6.00. The molecule has 0 unspecified atom stereocenters. The number of aromatic amines is 1. The van der Waals surface area contributed by atoms with Crippen molar-refractivity contribution in [1.29, 1.82) is 0 Å². The summed E-state index contributed by atoms with van der Waals surface area (Å²) in [5.41, 5.74) is 8.42. The molecule has 1 aliphatic heterocycles. The van der Waals surface area contributed by atoms with Gasteiger partial charge < -0.3 is 10.6 Å². The molecular formula is C15H21N5. The predicted octanol–water partition coefficient (Wildman–Crippen LogP) is 2.18. The number of rotatable bonds is 4. The van der Waals surface area contributed by atoms with Crippen LogP contribution in [0, 0.1) is 0 Å². The highest BCUT2D eigenvalue weighted by molar-refractivity contribution is 5.59. The smallest absolute Gasteiger partial charge is 0.158 e. The minimum Gasteiger partial charge on any atom is -0.384 e. The summed E-state index contributed by atoms with van der Waals surface area (Å²) >= 11 is 0. The second-order valence-corrected chi connectivity index (χ2v) is 5.32. The van der Waals surface area contributed by atoms with Gasteiger partial charge in [0.2, 0.25) is 0 Å². The van der Waals surface area contributed by atoms with Crippen LogP contribution in [-0.4, -0.2) is 28.3 Å². The summed E-state index contributed by atoms with van der Waals surface area (Å²) in [4.78, 5) is 4.70. The molecule has 1 aromatic heterocycles. The molecule has 2 aromatic rings. The molecule has 0 fully saturated rings. The Kier molecular flexibility index (Phi) is 3.60. The minimum atomic E-state index is 0.693. The Hall–Kier alpha value is -2.01. The van der Waals surface area contributed by atoms with E-state index in [0.717, 1.165) is 44.1 Å². The number of anilines is 2. The Morgan fingerprint density at radius 1 is 1.30 bits per heavy atom. The number of H-pyrrole nitrogens is 1. The summed E-state index contributed by atoms with van der Waals surface area (Å²) < 4.78 is 0. The van der Waals surface area contributed by atoms with E-state index in [-0.39, 0.29) is 0 Å².